The van der Waals surface area contributed by atoms with Crippen LogP contribution in [0.3, 0.4) is 0 Å². The number of hydrogen-bond donors (Lipinski definition) is 1. The molecule has 3 rings (SSSR count). The van der Waals surface area contributed by atoms with E-state index in [1.54, 1.807) is 20.1 Å². The predicted molar refractivity (Wildman–Crippen MR) is 85.7 cm³/mol. The maximum Gasteiger partial charge on any atom is 0.135 e. The quantitative estimate of drug-likeness (QED) is 0.848. The van der Waals surface area contributed by atoms with Crippen molar-refractivity contribution in [3.05, 3.63) is 47.8 Å². The Morgan fingerprint density at radius 2 is 2.04 bits per heavy atom. The Bertz CT molecular complexity index is 591. The third kappa shape index (κ3) is 4.47. The Morgan fingerprint density at radius 3 is 2.65 bits per heavy atom. The van der Waals surface area contributed by atoms with E-state index in [-0.39, 0.29) is 6.10 Å². The zero-order chi connectivity index (χ0) is 16.3. The molecule has 1 saturated heterocycles. The van der Waals surface area contributed by atoms with Crippen LogP contribution in [0.15, 0.2) is 39.4 Å². The molecule has 1 aliphatic rings. The summed E-state index contributed by atoms with van der Waals surface area (Å²) >= 11 is 0. The van der Waals surface area contributed by atoms with Gasteiger partial charge in [-0.3, -0.25) is 4.90 Å². The Balaban J connectivity index is 1.68. The van der Waals surface area contributed by atoms with Gasteiger partial charge < -0.3 is 18.7 Å². The highest BCUT2D eigenvalue weighted by molar-refractivity contribution is 5.12. The molecule has 5 heteroatoms. The van der Waals surface area contributed by atoms with Crippen molar-refractivity contribution in [1.82, 2.24) is 4.90 Å². The van der Waals surface area contributed by atoms with Gasteiger partial charge in [-0.2, -0.15) is 0 Å². The van der Waals surface area contributed by atoms with Crippen LogP contribution in [-0.2, 0) is 23.4 Å². The summed E-state index contributed by atoms with van der Waals surface area (Å²) in [6.45, 7) is 6.52. The van der Waals surface area contributed by atoms with Gasteiger partial charge in [-0.1, -0.05) is 0 Å². The molecule has 0 radical (unpaired) electrons. The lowest BCUT2D eigenvalue weighted by Crippen LogP contribution is -2.31. The standard InChI is InChI=1S/C18H25NO4/c1-18(2,20)17-8-7-16(23-17)13-19(11-14-5-3-9-21-14)12-15-6-4-10-22-15/h3,5,7-9,15,20H,4,6,10-13H2,1-2H3. The van der Waals surface area contributed by atoms with Crippen molar-refractivity contribution in [1.29, 1.82) is 0 Å². The first-order valence-corrected chi connectivity index (χ1v) is 8.18. The Morgan fingerprint density at radius 1 is 1.22 bits per heavy atom. The molecule has 1 atom stereocenters. The summed E-state index contributed by atoms with van der Waals surface area (Å²) in [5.41, 5.74) is -0.960. The van der Waals surface area contributed by atoms with Crippen molar-refractivity contribution in [2.45, 2.75) is 51.5 Å². The molecule has 5 nitrogen and oxygen atoms in total. The number of aliphatic hydroxyl groups is 1. The number of rotatable bonds is 7. The van der Waals surface area contributed by atoms with Gasteiger partial charge in [0.1, 0.15) is 22.9 Å². The molecule has 2 aromatic rings. The maximum atomic E-state index is 10.0. The predicted octanol–water partition coefficient (Wildman–Crippen LogP) is 3.28. The molecule has 0 amide bonds. The van der Waals surface area contributed by atoms with Gasteiger partial charge in [0.05, 0.1) is 25.5 Å². The second-order valence-electron chi connectivity index (χ2n) is 6.71. The molecular weight excluding hydrogens is 294 g/mol. The Hall–Kier alpha value is -1.56. The first kappa shape index (κ1) is 16.3. The van der Waals surface area contributed by atoms with Gasteiger partial charge in [0.15, 0.2) is 0 Å². The van der Waals surface area contributed by atoms with Crippen LogP contribution >= 0.6 is 0 Å². The van der Waals surface area contributed by atoms with Gasteiger partial charge in [0.25, 0.3) is 0 Å². The number of hydrogen-bond acceptors (Lipinski definition) is 5. The highest BCUT2D eigenvalue weighted by atomic mass is 16.5. The number of ether oxygens (including phenoxy) is 1. The fourth-order valence-corrected chi connectivity index (χ4v) is 2.90. The van der Waals surface area contributed by atoms with E-state index >= 15 is 0 Å². The molecule has 2 aromatic heterocycles. The second kappa shape index (κ2) is 6.91. The number of nitrogens with zero attached hydrogens (tertiary/aromatic N) is 1. The van der Waals surface area contributed by atoms with Crippen LogP contribution in [0, 0.1) is 0 Å². The molecule has 0 aromatic carbocycles. The van der Waals surface area contributed by atoms with Crippen molar-refractivity contribution < 1.29 is 18.7 Å². The second-order valence-corrected chi connectivity index (χ2v) is 6.71. The summed E-state index contributed by atoms with van der Waals surface area (Å²) in [6, 6.07) is 7.65. The van der Waals surface area contributed by atoms with Crippen LogP contribution in [-0.4, -0.2) is 29.3 Å². The van der Waals surface area contributed by atoms with E-state index < -0.39 is 5.60 Å². The minimum Gasteiger partial charge on any atom is -0.468 e. The third-order valence-corrected chi connectivity index (χ3v) is 4.09. The van der Waals surface area contributed by atoms with Crippen LogP contribution in [0.5, 0.6) is 0 Å². The van der Waals surface area contributed by atoms with Crippen LogP contribution in [0.2, 0.25) is 0 Å². The average Bonchev–Trinajstić information content (AvgIpc) is 3.18. The van der Waals surface area contributed by atoms with Gasteiger partial charge in [-0.25, -0.2) is 0 Å². The molecule has 1 unspecified atom stereocenters. The molecule has 0 bridgehead atoms. The van der Waals surface area contributed by atoms with Gasteiger partial charge >= 0.3 is 0 Å². The number of furan rings is 2. The topological polar surface area (TPSA) is 59.0 Å². The molecule has 3 heterocycles. The van der Waals surface area contributed by atoms with Gasteiger partial charge in [0.2, 0.25) is 0 Å². The average molecular weight is 319 g/mol. The summed E-state index contributed by atoms with van der Waals surface area (Å²) in [6.07, 6.45) is 4.19. The molecule has 1 N–H and O–H groups in total. The van der Waals surface area contributed by atoms with Crippen LogP contribution < -0.4 is 0 Å². The monoisotopic (exact) mass is 319 g/mol. The van der Waals surface area contributed by atoms with Crippen LogP contribution in [0.4, 0.5) is 0 Å². The SMILES string of the molecule is CC(C)(O)c1ccc(CN(Cc2ccco2)CC2CCCO2)o1. The molecule has 0 aliphatic carbocycles. The van der Waals surface area contributed by atoms with E-state index in [1.807, 2.05) is 24.3 Å². The van der Waals surface area contributed by atoms with E-state index in [0.29, 0.717) is 18.8 Å². The van der Waals surface area contributed by atoms with Crippen molar-refractivity contribution in [2.24, 2.45) is 0 Å². The van der Waals surface area contributed by atoms with Gasteiger partial charge in [-0.05, 0) is 51.0 Å². The smallest absolute Gasteiger partial charge is 0.135 e. The van der Waals surface area contributed by atoms with Gasteiger partial charge in [0, 0.05) is 13.2 Å². The van der Waals surface area contributed by atoms with Gasteiger partial charge in [-0.15, -0.1) is 0 Å². The minimum absolute atomic E-state index is 0.272. The summed E-state index contributed by atoms with van der Waals surface area (Å²) in [4.78, 5) is 2.27. The summed E-state index contributed by atoms with van der Waals surface area (Å²) < 4.78 is 17.0. The zero-order valence-corrected chi connectivity index (χ0v) is 13.8. The molecular formula is C18H25NO4. The van der Waals surface area contributed by atoms with E-state index in [0.717, 1.165) is 37.5 Å². The normalized spacial score (nSPS) is 18.9. The highest BCUT2D eigenvalue weighted by Crippen LogP contribution is 2.24. The minimum atomic E-state index is -0.960. The first-order chi connectivity index (χ1) is 11.0. The van der Waals surface area contributed by atoms with E-state index in [1.165, 1.54) is 0 Å². The van der Waals surface area contributed by atoms with E-state index in [4.69, 9.17) is 13.6 Å². The fourth-order valence-electron chi connectivity index (χ4n) is 2.90. The Labute approximate surface area is 136 Å². The first-order valence-electron chi connectivity index (χ1n) is 8.18. The Kier molecular flexibility index (Phi) is 4.90. The molecule has 23 heavy (non-hydrogen) atoms. The van der Waals surface area contributed by atoms with Crippen LogP contribution in [0.25, 0.3) is 0 Å². The zero-order valence-electron chi connectivity index (χ0n) is 13.8. The van der Waals surface area contributed by atoms with E-state index in [9.17, 15) is 5.11 Å². The summed E-state index contributed by atoms with van der Waals surface area (Å²) in [7, 11) is 0. The van der Waals surface area contributed by atoms with Crippen molar-refractivity contribution >= 4 is 0 Å². The lowest BCUT2D eigenvalue weighted by molar-refractivity contribution is 0.0470. The highest BCUT2D eigenvalue weighted by Gasteiger charge is 2.23. The third-order valence-electron chi connectivity index (χ3n) is 4.09. The van der Waals surface area contributed by atoms with Crippen molar-refractivity contribution in [3.8, 4) is 0 Å². The summed E-state index contributed by atoms with van der Waals surface area (Å²) in [5.74, 6) is 2.35. The fraction of sp³-hybridized carbons (Fsp3) is 0.556. The molecule has 1 fully saturated rings. The molecule has 1 aliphatic heterocycles. The maximum absolute atomic E-state index is 10.0. The molecule has 126 valence electrons. The molecule has 0 saturated carbocycles. The lowest BCUT2D eigenvalue weighted by atomic mass is 10.1. The van der Waals surface area contributed by atoms with E-state index in [2.05, 4.69) is 4.90 Å². The van der Waals surface area contributed by atoms with Crippen LogP contribution in [0.1, 0.15) is 44.0 Å². The summed E-state index contributed by atoms with van der Waals surface area (Å²) in [5, 5.41) is 10.0. The largest absolute Gasteiger partial charge is 0.468 e. The van der Waals surface area contributed by atoms with Crippen molar-refractivity contribution in [2.75, 3.05) is 13.2 Å². The van der Waals surface area contributed by atoms with Crippen molar-refractivity contribution in [3.63, 3.8) is 0 Å². The lowest BCUT2D eigenvalue weighted by Gasteiger charge is -2.23. The molecule has 0 spiro atoms.